The van der Waals surface area contributed by atoms with Crippen LogP contribution in [0, 0.1) is 0 Å². The molecule has 182 valence electrons. The summed E-state index contributed by atoms with van der Waals surface area (Å²) in [7, 11) is 0. The molecule has 0 radical (unpaired) electrons. The highest BCUT2D eigenvalue weighted by Gasteiger charge is 2.15. The van der Waals surface area contributed by atoms with Gasteiger partial charge < -0.3 is 9.47 Å². The average molecular weight is 463 g/mol. The molecule has 0 aromatic heterocycles. The summed E-state index contributed by atoms with van der Waals surface area (Å²) in [5.74, 6) is -0.216. The van der Waals surface area contributed by atoms with E-state index in [1.165, 1.54) is 38.2 Å². The van der Waals surface area contributed by atoms with Crippen molar-refractivity contribution in [1.29, 1.82) is 0 Å². The fourth-order valence-electron chi connectivity index (χ4n) is 4.77. The summed E-state index contributed by atoms with van der Waals surface area (Å²) in [6.45, 7) is 6.76. The van der Waals surface area contributed by atoms with Crippen molar-refractivity contribution in [3.8, 4) is 0 Å². The Morgan fingerprint density at radius 1 is 0.647 bits per heavy atom. The van der Waals surface area contributed by atoms with Gasteiger partial charge in [-0.2, -0.15) is 0 Å². The minimum absolute atomic E-state index is 0.108. The highest BCUT2D eigenvalue weighted by Crippen LogP contribution is 2.35. The number of benzene rings is 3. The van der Waals surface area contributed by atoms with Gasteiger partial charge in [0.2, 0.25) is 0 Å². The zero-order chi connectivity index (χ0) is 24.3. The Morgan fingerprint density at radius 2 is 1.15 bits per heavy atom. The number of esters is 2. The van der Waals surface area contributed by atoms with Crippen molar-refractivity contribution in [3.05, 3.63) is 59.2 Å². The van der Waals surface area contributed by atoms with Gasteiger partial charge in [0.05, 0.1) is 13.2 Å². The number of carbonyl (C=O) groups excluding carboxylic acids is 2. The van der Waals surface area contributed by atoms with Gasteiger partial charge in [0.25, 0.3) is 0 Å². The minimum Gasteiger partial charge on any atom is -0.466 e. The summed E-state index contributed by atoms with van der Waals surface area (Å²) in [6.07, 6.45) is 7.39. The number of hydrogen-bond donors (Lipinski definition) is 0. The number of hydrogen-bond acceptors (Lipinski definition) is 4. The molecular formula is C30H38O4. The van der Waals surface area contributed by atoms with Crippen LogP contribution in [0.1, 0.15) is 76.0 Å². The van der Waals surface area contributed by atoms with Crippen LogP contribution in [0.2, 0.25) is 0 Å². The third-order valence-electron chi connectivity index (χ3n) is 6.45. The molecule has 0 fully saturated rings. The molecule has 0 spiro atoms. The zero-order valence-electron chi connectivity index (χ0n) is 21.0. The summed E-state index contributed by atoms with van der Waals surface area (Å²) in [4.78, 5) is 23.5. The van der Waals surface area contributed by atoms with Gasteiger partial charge in [-0.3, -0.25) is 9.59 Å². The topological polar surface area (TPSA) is 52.6 Å². The lowest BCUT2D eigenvalue weighted by molar-refractivity contribution is -0.144. The first kappa shape index (κ1) is 25.7. The first-order chi connectivity index (χ1) is 16.6. The second-order valence-corrected chi connectivity index (χ2v) is 8.76. The smallest absolute Gasteiger partial charge is 0.305 e. The summed E-state index contributed by atoms with van der Waals surface area (Å²) in [6, 6.07) is 15.6. The normalized spacial score (nSPS) is 11.1. The Hall–Kier alpha value is -2.88. The molecule has 3 aromatic rings. The fourth-order valence-corrected chi connectivity index (χ4v) is 4.77. The van der Waals surface area contributed by atoms with Crippen LogP contribution in [0.5, 0.6) is 0 Å². The lowest BCUT2D eigenvalue weighted by Gasteiger charge is -2.18. The number of aryl methyl sites for hydroxylation is 3. The lowest BCUT2D eigenvalue weighted by Crippen LogP contribution is -2.04. The van der Waals surface area contributed by atoms with Crippen molar-refractivity contribution in [2.75, 3.05) is 13.2 Å². The van der Waals surface area contributed by atoms with Crippen LogP contribution in [-0.4, -0.2) is 25.2 Å². The van der Waals surface area contributed by atoms with Crippen LogP contribution in [-0.2, 0) is 38.3 Å². The van der Waals surface area contributed by atoms with E-state index in [-0.39, 0.29) is 11.9 Å². The molecule has 0 atom stereocenters. The molecule has 3 aromatic carbocycles. The van der Waals surface area contributed by atoms with E-state index in [1.54, 1.807) is 0 Å². The van der Waals surface area contributed by atoms with Gasteiger partial charge in [-0.05, 0) is 97.0 Å². The molecule has 0 bridgehead atoms. The van der Waals surface area contributed by atoms with Gasteiger partial charge in [0.15, 0.2) is 0 Å². The van der Waals surface area contributed by atoms with Crippen LogP contribution in [0.15, 0.2) is 42.5 Å². The summed E-state index contributed by atoms with van der Waals surface area (Å²) >= 11 is 0. The van der Waals surface area contributed by atoms with Crippen LogP contribution in [0.3, 0.4) is 0 Å². The largest absolute Gasteiger partial charge is 0.466 e. The van der Waals surface area contributed by atoms with Crippen molar-refractivity contribution in [1.82, 2.24) is 0 Å². The predicted octanol–water partition coefficient (Wildman–Crippen LogP) is 7.11. The second kappa shape index (κ2) is 13.1. The quantitative estimate of drug-likeness (QED) is 0.154. The summed E-state index contributed by atoms with van der Waals surface area (Å²) in [5.41, 5.74) is 4.08. The zero-order valence-corrected chi connectivity index (χ0v) is 21.0. The molecule has 0 N–H and O–H groups in total. The summed E-state index contributed by atoms with van der Waals surface area (Å²) in [5, 5.41) is 5.25. The molecule has 4 heteroatoms. The van der Waals surface area contributed by atoms with Crippen molar-refractivity contribution in [2.24, 2.45) is 0 Å². The number of carbonyl (C=O) groups is 2. The van der Waals surface area contributed by atoms with E-state index >= 15 is 0 Å². The number of rotatable bonds is 13. The third-order valence-corrected chi connectivity index (χ3v) is 6.45. The van der Waals surface area contributed by atoms with E-state index in [2.05, 4.69) is 49.4 Å². The third kappa shape index (κ3) is 6.59. The lowest BCUT2D eigenvalue weighted by atomic mass is 9.86. The van der Waals surface area contributed by atoms with Gasteiger partial charge in [-0.1, -0.05) is 49.4 Å². The van der Waals surface area contributed by atoms with Crippen molar-refractivity contribution in [3.63, 3.8) is 0 Å². The molecule has 0 aliphatic heterocycles. The molecular weight excluding hydrogens is 424 g/mol. The maximum absolute atomic E-state index is 11.8. The maximum atomic E-state index is 11.8. The van der Waals surface area contributed by atoms with Gasteiger partial charge in [0.1, 0.15) is 0 Å². The Labute approximate surface area is 203 Å². The van der Waals surface area contributed by atoms with E-state index in [1.807, 2.05) is 13.8 Å². The van der Waals surface area contributed by atoms with Gasteiger partial charge in [-0.15, -0.1) is 0 Å². The highest BCUT2D eigenvalue weighted by molar-refractivity contribution is 6.06. The Kier molecular flexibility index (Phi) is 9.93. The van der Waals surface area contributed by atoms with E-state index in [4.69, 9.17) is 9.47 Å². The Bertz CT molecular complexity index is 1120. The van der Waals surface area contributed by atoms with Crippen molar-refractivity contribution >= 4 is 33.5 Å². The second-order valence-electron chi connectivity index (χ2n) is 8.76. The van der Waals surface area contributed by atoms with Gasteiger partial charge in [0, 0.05) is 12.8 Å². The number of unbranched alkanes of at least 4 members (excludes halogenated alkanes) is 2. The van der Waals surface area contributed by atoms with Crippen LogP contribution < -0.4 is 0 Å². The monoisotopic (exact) mass is 462 g/mol. The highest BCUT2D eigenvalue weighted by atomic mass is 16.5. The molecule has 3 rings (SSSR count). The Balaban J connectivity index is 1.90. The maximum Gasteiger partial charge on any atom is 0.305 e. The van der Waals surface area contributed by atoms with E-state index < -0.39 is 0 Å². The van der Waals surface area contributed by atoms with Gasteiger partial charge in [-0.25, -0.2) is 0 Å². The van der Waals surface area contributed by atoms with Crippen LogP contribution >= 0.6 is 0 Å². The van der Waals surface area contributed by atoms with Crippen LogP contribution in [0.4, 0.5) is 0 Å². The molecule has 34 heavy (non-hydrogen) atoms. The molecule has 0 aliphatic rings. The first-order valence-corrected chi connectivity index (χ1v) is 12.8. The van der Waals surface area contributed by atoms with Crippen molar-refractivity contribution in [2.45, 2.75) is 78.6 Å². The SMILES string of the molecule is CCOC(=O)CCCCc1c2ccccc2c(CCCCC(=O)OCC)c2cc(CC)ccc12. The number of ether oxygens (including phenoxy) is 2. The molecule has 0 aliphatic carbocycles. The standard InChI is InChI=1S/C30H38O4/c1-4-22-19-20-27-25(15-9-11-17-29(31)33-5-2)23-13-7-8-14-24(23)26(28(27)21-22)16-10-12-18-30(32)34-6-3/h7-8,13-14,19-21H,4-6,9-12,15-18H2,1-3H3. The predicted molar refractivity (Wildman–Crippen MR) is 139 cm³/mol. The van der Waals surface area contributed by atoms with Crippen LogP contribution in [0.25, 0.3) is 21.5 Å². The van der Waals surface area contributed by atoms with E-state index in [0.717, 1.165) is 44.9 Å². The molecule has 4 nitrogen and oxygen atoms in total. The summed E-state index contributed by atoms with van der Waals surface area (Å²) < 4.78 is 10.2. The van der Waals surface area contributed by atoms with Gasteiger partial charge >= 0.3 is 11.9 Å². The van der Waals surface area contributed by atoms with E-state index in [9.17, 15) is 9.59 Å². The van der Waals surface area contributed by atoms with Crippen molar-refractivity contribution < 1.29 is 19.1 Å². The average Bonchev–Trinajstić information content (AvgIpc) is 2.85. The number of fused-ring (bicyclic) bond motifs is 2. The minimum atomic E-state index is -0.108. The molecule has 0 heterocycles. The molecule has 0 saturated carbocycles. The molecule has 0 amide bonds. The van der Waals surface area contributed by atoms with E-state index in [0.29, 0.717) is 26.1 Å². The Morgan fingerprint density at radius 3 is 1.65 bits per heavy atom. The molecule has 0 saturated heterocycles. The molecule has 0 unspecified atom stereocenters. The first-order valence-electron chi connectivity index (χ1n) is 12.8. The fraction of sp³-hybridized carbons (Fsp3) is 0.467.